The van der Waals surface area contributed by atoms with E-state index in [1.165, 1.54) is 22.3 Å². The first-order valence-corrected chi connectivity index (χ1v) is 7.19. The second-order valence-electron chi connectivity index (χ2n) is 5.09. The van der Waals surface area contributed by atoms with Crippen LogP contribution in [-0.4, -0.2) is 0 Å². The van der Waals surface area contributed by atoms with Crippen LogP contribution >= 0.6 is 0 Å². The maximum atomic E-state index is 4.04. The fraction of sp³-hybridized carbons (Fsp3) is 0.200. The SMILES string of the molecule is C=CC(=C)C1=CCC=CC(Cc2ccc(CC)cc2)=C1. The minimum Gasteiger partial charge on any atom is -0.0985 e. The van der Waals surface area contributed by atoms with Gasteiger partial charge >= 0.3 is 0 Å². The standard InChI is InChI=1S/C20H22/c1-4-16(3)20-9-7-6-8-19(15-20)14-18-12-10-17(5-2)11-13-18/h4,6,8-13,15H,1,3,5,7,14H2,2H3. The average molecular weight is 262 g/mol. The second kappa shape index (κ2) is 6.91. The van der Waals surface area contributed by atoms with E-state index >= 15 is 0 Å². The fourth-order valence-corrected chi connectivity index (χ4v) is 2.30. The molecule has 20 heavy (non-hydrogen) atoms. The predicted molar refractivity (Wildman–Crippen MR) is 88.8 cm³/mol. The van der Waals surface area contributed by atoms with E-state index in [-0.39, 0.29) is 0 Å². The van der Waals surface area contributed by atoms with Crippen molar-refractivity contribution in [3.63, 3.8) is 0 Å². The quantitative estimate of drug-likeness (QED) is 0.628. The number of hydrogen-bond acceptors (Lipinski definition) is 0. The second-order valence-corrected chi connectivity index (χ2v) is 5.09. The highest BCUT2D eigenvalue weighted by Gasteiger charge is 2.03. The predicted octanol–water partition coefficient (Wildman–Crippen LogP) is 5.35. The molecule has 0 spiro atoms. The number of allylic oxidation sites excluding steroid dienone is 8. The molecule has 0 N–H and O–H groups in total. The van der Waals surface area contributed by atoms with E-state index in [4.69, 9.17) is 0 Å². The van der Waals surface area contributed by atoms with Crippen molar-refractivity contribution in [1.29, 1.82) is 0 Å². The van der Waals surface area contributed by atoms with E-state index in [0.717, 1.165) is 24.8 Å². The lowest BCUT2D eigenvalue weighted by molar-refractivity contribution is 1.12. The Labute approximate surface area is 122 Å². The molecule has 0 saturated heterocycles. The van der Waals surface area contributed by atoms with Gasteiger partial charge in [-0.25, -0.2) is 0 Å². The third-order valence-corrected chi connectivity index (χ3v) is 3.60. The van der Waals surface area contributed by atoms with Crippen LogP contribution in [0, 0.1) is 0 Å². The Bertz CT molecular complexity index is 577. The van der Waals surface area contributed by atoms with Gasteiger partial charge in [0.15, 0.2) is 0 Å². The number of rotatable bonds is 5. The summed E-state index contributed by atoms with van der Waals surface area (Å²) >= 11 is 0. The van der Waals surface area contributed by atoms with E-state index in [0.29, 0.717) is 0 Å². The molecule has 0 heterocycles. The molecule has 1 aromatic carbocycles. The van der Waals surface area contributed by atoms with E-state index in [1.807, 2.05) is 6.08 Å². The van der Waals surface area contributed by atoms with Gasteiger partial charge in [-0.05, 0) is 47.1 Å². The van der Waals surface area contributed by atoms with Gasteiger partial charge in [0, 0.05) is 0 Å². The fourth-order valence-electron chi connectivity index (χ4n) is 2.30. The van der Waals surface area contributed by atoms with Crippen LogP contribution in [0.3, 0.4) is 0 Å². The maximum absolute atomic E-state index is 4.04. The minimum absolute atomic E-state index is 0.955. The Morgan fingerprint density at radius 3 is 2.55 bits per heavy atom. The molecule has 1 aliphatic rings. The molecule has 1 aliphatic carbocycles. The van der Waals surface area contributed by atoms with Crippen molar-refractivity contribution in [2.45, 2.75) is 26.2 Å². The van der Waals surface area contributed by atoms with Gasteiger partial charge in [-0.2, -0.15) is 0 Å². The first-order chi connectivity index (χ1) is 9.72. The van der Waals surface area contributed by atoms with Gasteiger partial charge in [-0.1, -0.05) is 74.7 Å². The van der Waals surface area contributed by atoms with E-state index in [2.05, 4.69) is 68.7 Å². The maximum Gasteiger partial charge on any atom is -0.00257 e. The zero-order valence-corrected chi connectivity index (χ0v) is 12.2. The van der Waals surface area contributed by atoms with Crippen LogP contribution < -0.4 is 0 Å². The lowest BCUT2D eigenvalue weighted by atomic mass is 9.99. The average Bonchev–Trinajstić information content (AvgIpc) is 2.73. The van der Waals surface area contributed by atoms with Gasteiger partial charge in [0.05, 0.1) is 0 Å². The van der Waals surface area contributed by atoms with Gasteiger partial charge in [-0.15, -0.1) is 0 Å². The molecule has 0 radical (unpaired) electrons. The van der Waals surface area contributed by atoms with E-state index < -0.39 is 0 Å². The van der Waals surface area contributed by atoms with Crippen LogP contribution in [0.25, 0.3) is 0 Å². The van der Waals surface area contributed by atoms with Crippen molar-refractivity contribution in [3.8, 4) is 0 Å². The summed E-state index contributed by atoms with van der Waals surface area (Å²) < 4.78 is 0. The van der Waals surface area contributed by atoms with E-state index in [1.54, 1.807) is 0 Å². The number of benzene rings is 1. The normalized spacial score (nSPS) is 14.2. The third-order valence-electron chi connectivity index (χ3n) is 3.60. The molecule has 0 heteroatoms. The van der Waals surface area contributed by atoms with Crippen molar-refractivity contribution in [3.05, 3.63) is 95.6 Å². The summed E-state index contributed by atoms with van der Waals surface area (Å²) in [5, 5.41) is 0. The van der Waals surface area contributed by atoms with E-state index in [9.17, 15) is 0 Å². The molecule has 102 valence electrons. The number of hydrogen-bond donors (Lipinski definition) is 0. The van der Waals surface area contributed by atoms with Gasteiger partial charge in [0.25, 0.3) is 0 Å². The van der Waals surface area contributed by atoms with Crippen LogP contribution in [0.15, 0.2) is 84.5 Å². The summed E-state index contributed by atoms with van der Waals surface area (Å²) in [7, 11) is 0. The van der Waals surface area contributed by atoms with Gasteiger partial charge in [-0.3, -0.25) is 0 Å². The van der Waals surface area contributed by atoms with Crippen molar-refractivity contribution >= 4 is 0 Å². The molecular formula is C20H22. The monoisotopic (exact) mass is 262 g/mol. The van der Waals surface area contributed by atoms with Gasteiger partial charge in [0.1, 0.15) is 0 Å². The van der Waals surface area contributed by atoms with Crippen molar-refractivity contribution in [2.24, 2.45) is 0 Å². The van der Waals surface area contributed by atoms with Crippen LogP contribution in [0.5, 0.6) is 0 Å². The summed E-state index contributed by atoms with van der Waals surface area (Å²) in [6.07, 6.45) is 13.7. The first kappa shape index (κ1) is 14.3. The molecule has 0 atom stereocenters. The zero-order chi connectivity index (χ0) is 14.4. The summed E-state index contributed by atoms with van der Waals surface area (Å²) in [6, 6.07) is 8.89. The molecule has 0 fully saturated rings. The molecule has 0 saturated carbocycles. The molecule has 0 nitrogen and oxygen atoms in total. The van der Waals surface area contributed by atoms with Gasteiger partial charge < -0.3 is 0 Å². The Morgan fingerprint density at radius 2 is 1.90 bits per heavy atom. The van der Waals surface area contributed by atoms with Crippen LogP contribution in [0.1, 0.15) is 24.5 Å². The summed E-state index contributed by atoms with van der Waals surface area (Å²) in [4.78, 5) is 0. The molecule has 0 unspecified atom stereocenters. The Hall–Kier alpha value is -2.08. The smallest absolute Gasteiger partial charge is 0.00257 e. The third kappa shape index (κ3) is 3.71. The lowest BCUT2D eigenvalue weighted by Gasteiger charge is -2.06. The molecular weight excluding hydrogens is 240 g/mol. The molecule has 1 aromatic rings. The summed E-state index contributed by atoms with van der Waals surface area (Å²) in [6.45, 7) is 10.0. The molecule has 0 amide bonds. The van der Waals surface area contributed by atoms with Crippen LogP contribution in [0.4, 0.5) is 0 Å². The Balaban J connectivity index is 2.17. The van der Waals surface area contributed by atoms with Crippen molar-refractivity contribution in [2.75, 3.05) is 0 Å². The zero-order valence-electron chi connectivity index (χ0n) is 12.2. The largest absolute Gasteiger partial charge is 0.0985 e. The first-order valence-electron chi connectivity index (χ1n) is 7.19. The van der Waals surface area contributed by atoms with Crippen LogP contribution in [-0.2, 0) is 12.8 Å². The minimum atomic E-state index is 0.955. The topological polar surface area (TPSA) is 0 Å². The highest BCUT2D eigenvalue weighted by molar-refractivity contribution is 5.49. The Morgan fingerprint density at radius 1 is 1.20 bits per heavy atom. The highest BCUT2D eigenvalue weighted by atomic mass is 14.1. The van der Waals surface area contributed by atoms with Crippen LogP contribution in [0.2, 0.25) is 0 Å². The lowest BCUT2D eigenvalue weighted by Crippen LogP contribution is -1.90. The van der Waals surface area contributed by atoms with Crippen molar-refractivity contribution in [1.82, 2.24) is 0 Å². The molecule has 2 rings (SSSR count). The summed E-state index contributed by atoms with van der Waals surface area (Å²) in [5.74, 6) is 0. The highest BCUT2D eigenvalue weighted by Crippen LogP contribution is 2.20. The number of aryl methyl sites for hydroxylation is 1. The van der Waals surface area contributed by atoms with Gasteiger partial charge in [0.2, 0.25) is 0 Å². The molecule has 0 aliphatic heterocycles. The summed E-state index contributed by atoms with van der Waals surface area (Å²) in [5.41, 5.74) is 6.24. The molecule has 0 bridgehead atoms. The Kier molecular flexibility index (Phi) is 4.95. The van der Waals surface area contributed by atoms with Crippen molar-refractivity contribution < 1.29 is 0 Å². The molecule has 0 aromatic heterocycles.